The zero-order valence-electron chi connectivity index (χ0n) is 7.92. The van der Waals surface area contributed by atoms with Gasteiger partial charge in [0.05, 0.1) is 10.9 Å². The second-order valence-corrected chi connectivity index (χ2v) is 3.41. The number of hydrogen-bond donors (Lipinski definition) is 0. The lowest BCUT2D eigenvalue weighted by molar-refractivity contribution is -0.576. The fraction of sp³-hybridized carbons (Fsp3) is 0. The van der Waals surface area contributed by atoms with Crippen LogP contribution in [-0.2, 0) is 0 Å². The molecule has 0 saturated heterocycles. The van der Waals surface area contributed by atoms with Gasteiger partial charge in [0.1, 0.15) is 0 Å². The minimum atomic E-state index is 0.683. The number of nitrogens with zero attached hydrogens (tertiary/aromatic N) is 2. The van der Waals surface area contributed by atoms with Gasteiger partial charge < -0.3 is 5.21 Å². The lowest BCUT2D eigenvalue weighted by atomic mass is 10.1. The Hall–Kier alpha value is -2.16. The average molecular weight is 196 g/mol. The van der Waals surface area contributed by atoms with Gasteiger partial charge in [-0.15, -0.1) is 0 Å². The third-order valence-electron chi connectivity index (χ3n) is 2.51. The summed E-state index contributed by atoms with van der Waals surface area (Å²) in [5.74, 6) is 0. The van der Waals surface area contributed by atoms with Crippen molar-refractivity contribution in [2.45, 2.75) is 0 Å². The molecule has 1 aromatic carbocycles. The van der Waals surface area contributed by atoms with E-state index < -0.39 is 0 Å². The predicted molar refractivity (Wildman–Crippen MR) is 58.2 cm³/mol. The van der Waals surface area contributed by atoms with E-state index in [-0.39, 0.29) is 0 Å². The van der Waals surface area contributed by atoms with Crippen molar-refractivity contribution in [3.8, 4) is 0 Å². The van der Waals surface area contributed by atoms with E-state index in [9.17, 15) is 5.21 Å². The molecule has 0 aliphatic heterocycles. The molecule has 3 nitrogen and oxygen atoms in total. The van der Waals surface area contributed by atoms with E-state index in [0.717, 1.165) is 21.0 Å². The van der Waals surface area contributed by atoms with E-state index in [1.165, 1.54) is 6.20 Å². The van der Waals surface area contributed by atoms with Gasteiger partial charge in [-0.1, -0.05) is 0 Å². The zero-order chi connectivity index (χ0) is 10.3. The number of fused-ring (bicyclic) bond motifs is 3. The van der Waals surface area contributed by atoms with Crippen LogP contribution < -0.4 is 4.73 Å². The second-order valence-electron chi connectivity index (χ2n) is 3.41. The van der Waals surface area contributed by atoms with Gasteiger partial charge in [0, 0.05) is 17.6 Å². The van der Waals surface area contributed by atoms with E-state index in [4.69, 9.17) is 0 Å². The molecular weight excluding hydrogens is 188 g/mol. The standard InChI is InChI=1S/C12H8N2O/c15-14-8-2-3-9-5-6-11-10(12(9)14)4-1-7-13-11/h1-8H. The van der Waals surface area contributed by atoms with Crippen molar-refractivity contribution in [2.24, 2.45) is 0 Å². The minimum absolute atomic E-state index is 0.683. The Morgan fingerprint density at radius 1 is 1.07 bits per heavy atom. The molecule has 2 aromatic heterocycles. The Morgan fingerprint density at radius 2 is 2.00 bits per heavy atom. The minimum Gasteiger partial charge on any atom is -0.618 e. The molecule has 0 atom stereocenters. The van der Waals surface area contributed by atoms with Crippen molar-refractivity contribution >= 4 is 21.8 Å². The first-order valence-electron chi connectivity index (χ1n) is 4.72. The molecule has 3 heteroatoms. The van der Waals surface area contributed by atoms with Crippen LogP contribution in [0.4, 0.5) is 0 Å². The van der Waals surface area contributed by atoms with Crippen LogP contribution in [0.15, 0.2) is 48.8 Å². The van der Waals surface area contributed by atoms with Crippen molar-refractivity contribution in [3.63, 3.8) is 0 Å². The maximum Gasteiger partial charge on any atom is 0.233 e. The third kappa shape index (κ3) is 1.13. The molecule has 2 heterocycles. The van der Waals surface area contributed by atoms with Crippen LogP contribution >= 0.6 is 0 Å². The lowest BCUT2D eigenvalue weighted by Gasteiger charge is -2.03. The highest BCUT2D eigenvalue weighted by Crippen LogP contribution is 2.20. The number of rotatable bonds is 0. The maximum atomic E-state index is 11.7. The number of aromatic nitrogens is 2. The van der Waals surface area contributed by atoms with Crippen molar-refractivity contribution in [3.05, 3.63) is 54.0 Å². The first-order valence-corrected chi connectivity index (χ1v) is 4.72. The molecule has 0 amide bonds. The number of pyridine rings is 2. The van der Waals surface area contributed by atoms with Crippen molar-refractivity contribution < 1.29 is 4.73 Å². The third-order valence-corrected chi connectivity index (χ3v) is 2.51. The van der Waals surface area contributed by atoms with Gasteiger partial charge in [0.15, 0.2) is 6.20 Å². The van der Waals surface area contributed by atoms with E-state index in [2.05, 4.69) is 4.98 Å². The Morgan fingerprint density at radius 3 is 2.93 bits per heavy atom. The predicted octanol–water partition coefficient (Wildman–Crippen LogP) is 2.02. The smallest absolute Gasteiger partial charge is 0.233 e. The molecule has 15 heavy (non-hydrogen) atoms. The molecule has 0 N–H and O–H groups in total. The molecule has 0 saturated carbocycles. The summed E-state index contributed by atoms with van der Waals surface area (Å²) in [6, 6.07) is 11.3. The molecule has 0 aliphatic carbocycles. The van der Waals surface area contributed by atoms with Crippen LogP contribution in [0.25, 0.3) is 21.8 Å². The summed E-state index contributed by atoms with van der Waals surface area (Å²) in [7, 11) is 0. The SMILES string of the molecule is [O-][n+]1cccc2ccc3ncccc3c21. The van der Waals surface area contributed by atoms with Gasteiger partial charge in [-0.3, -0.25) is 4.98 Å². The molecule has 0 fully saturated rings. The summed E-state index contributed by atoms with van der Waals surface area (Å²) in [4.78, 5) is 4.22. The summed E-state index contributed by atoms with van der Waals surface area (Å²) in [5.41, 5.74) is 1.53. The number of hydrogen-bond acceptors (Lipinski definition) is 2. The lowest BCUT2D eigenvalue weighted by Crippen LogP contribution is -2.25. The van der Waals surface area contributed by atoms with E-state index in [1.54, 1.807) is 12.3 Å². The van der Waals surface area contributed by atoms with E-state index >= 15 is 0 Å². The van der Waals surface area contributed by atoms with Crippen molar-refractivity contribution in [2.75, 3.05) is 0 Å². The van der Waals surface area contributed by atoms with Crippen molar-refractivity contribution in [1.82, 2.24) is 4.98 Å². The molecule has 72 valence electrons. The van der Waals surface area contributed by atoms with Crippen molar-refractivity contribution in [1.29, 1.82) is 0 Å². The fourth-order valence-electron chi connectivity index (χ4n) is 1.83. The summed E-state index contributed by atoms with van der Waals surface area (Å²) < 4.78 is 0.888. The van der Waals surface area contributed by atoms with Gasteiger partial charge in [0.2, 0.25) is 5.52 Å². The molecular formula is C12H8N2O. The zero-order valence-corrected chi connectivity index (χ0v) is 7.92. The number of benzene rings is 1. The van der Waals surface area contributed by atoms with E-state index in [0.29, 0.717) is 5.52 Å². The largest absolute Gasteiger partial charge is 0.618 e. The van der Waals surface area contributed by atoms with Crippen LogP contribution in [0.3, 0.4) is 0 Å². The summed E-state index contributed by atoms with van der Waals surface area (Å²) in [6.45, 7) is 0. The quantitative estimate of drug-likeness (QED) is 0.313. The van der Waals surface area contributed by atoms with Crippen LogP contribution in [0.5, 0.6) is 0 Å². The molecule has 0 aliphatic rings. The first-order chi connectivity index (χ1) is 7.36. The highest BCUT2D eigenvalue weighted by atomic mass is 16.5. The van der Waals surface area contributed by atoms with Crippen LogP contribution in [-0.4, -0.2) is 4.98 Å². The normalized spacial score (nSPS) is 10.9. The van der Waals surface area contributed by atoms with Gasteiger partial charge in [0.25, 0.3) is 0 Å². The molecule has 0 unspecified atom stereocenters. The Labute approximate surface area is 86.2 Å². The molecule has 0 bridgehead atoms. The van der Waals surface area contributed by atoms with Gasteiger partial charge in [-0.05, 0) is 30.3 Å². The average Bonchev–Trinajstić information content (AvgIpc) is 2.29. The summed E-state index contributed by atoms with van der Waals surface area (Å²) >= 11 is 0. The summed E-state index contributed by atoms with van der Waals surface area (Å²) in [5, 5.41) is 13.5. The molecule has 3 rings (SSSR count). The van der Waals surface area contributed by atoms with Gasteiger partial charge in [-0.25, -0.2) is 0 Å². The Kier molecular flexibility index (Phi) is 1.59. The monoisotopic (exact) mass is 196 g/mol. The van der Waals surface area contributed by atoms with Gasteiger partial charge in [-0.2, -0.15) is 4.73 Å². The maximum absolute atomic E-state index is 11.7. The second kappa shape index (κ2) is 2.92. The molecule has 3 aromatic rings. The van der Waals surface area contributed by atoms with E-state index in [1.807, 2.05) is 30.3 Å². The Bertz CT molecular complexity index is 649. The van der Waals surface area contributed by atoms with Gasteiger partial charge >= 0.3 is 0 Å². The topological polar surface area (TPSA) is 39.8 Å². The molecule has 0 spiro atoms. The first kappa shape index (κ1) is 8.17. The molecule has 0 radical (unpaired) electrons. The van der Waals surface area contributed by atoms with Crippen LogP contribution in [0, 0.1) is 5.21 Å². The highest BCUT2D eigenvalue weighted by molar-refractivity contribution is 6.01. The fourth-order valence-corrected chi connectivity index (χ4v) is 1.83. The van der Waals surface area contributed by atoms with Crippen LogP contribution in [0.1, 0.15) is 0 Å². The summed E-state index contributed by atoms with van der Waals surface area (Å²) in [6.07, 6.45) is 3.24. The Balaban J connectivity index is 2.64. The highest BCUT2D eigenvalue weighted by Gasteiger charge is 2.07. The van der Waals surface area contributed by atoms with Crippen LogP contribution in [0.2, 0.25) is 0 Å².